The van der Waals surface area contributed by atoms with E-state index in [-0.39, 0.29) is 29.9 Å². The molecule has 3 N–H and O–H groups in total. The highest BCUT2D eigenvalue weighted by molar-refractivity contribution is 14.0. The highest BCUT2D eigenvalue weighted by atomic mass is 127. The summed E-state index contributed by atoms with van der Waals surface area (Å²) in [6.07, 6.45) is 0. The van der Waals surface area contributed by atoms with Crippen LogP contribution in [0.4, 0.5) is 0 Å². The van der Waals surface area contributed by atoms with Crippen molar-refractivity contribution in [3.05, 3.63) is 29.3 Å². The van der Waals surface area contributed by atoms with Gasteiger partial charge < -0.3 is 16.0 Å². The Balaban J connectivity index is 0.00000576. The molecule has 0 aliphatic rings. The minimum absolute atomic E-state index is 0. The Hall–Kier alpha value is -0.670. The van der Waals surface area contributed by atoms with E-state index in [1.807, 2.05) is 45.0 Å². The maximum absolute atomic E-state index is 11.8. The van der Waals surface area contributed by atoms with E-state index < -0.39 is 5.41 Å². The number of hydrogen-bond acceptors (Lipinski definition) is 3. The van der Waals surface area contributed by atoms with Crippen LogP contribution in [-0.4, -0.2) is 44.3 Å². The number of nitrogens with one attached hydrogen (secondary N) is 3. The largest absolute Gasteiger partial charge is 0.359 e. The van der Waals surface area contributed by atoms with Gasteiger partial charge in [-0.15, -0.1) is 35.7 Å². The Morgan fingerprint density at radius 3 is 2.44 bits per heavy atom. The minimum Gasteiger partial charge on any atom is -0.359 e. The van der Waals surface area contributed by atoms with E-state index in [0.717, 1.165) is 29.8 Å². The molecule has 0 unspecified atom stereocenters. The first-order valence-electron chi connectivity index (χ1n) is 8.01. The Morgan fingerprint density at radius 2 is 1.88 bits per heavy atom. The third kappa shape index (κ3) is 9.55. The van der Waals surface area contributed by atoms with Gasteiger partial charge in [-0.05, 0) is 45.0 Å². The summed E-state index contributed by atoms with van der Waals surface area (Å²) in [5, 5.41) is 9.91. The fourth-order valence-electron chi connectivity index (χ4n) is 1.90. The van der Waals surface area contributed by atoms with Gasteiger partial charge in [0.1, 0.15) is 0 Å². The number of guanidine groups is 1. The molecular formula is C17H28ClIN4OS. The molecule has 1 amide bonds. The number of hydrogen-bond donors (Lipinski definition) is 3. The molecule has 0 atom stereocenters. The molecular weight excluding hydrogens is 471 g/mol. The van der Waals surface area contributed by atoms with Crippen LogP contribution in [0.2, 0.25) is 5.02 Å². The lowest BCUT2D eigenvalue weighted by atomic mass is 9.93. The lowest BCUT2D eigenvalue weighted by Crippen LogP contribution is -2.41. The molecule has 0 saturated carbocycles. The van der Waals surface area contributed by atoms with Crippen molar-refractivity contribution in [2.45, 2.75) is 25.7 Å². The Kier molecular flexibility index (Phi) is 12.3. The topological polar surface area (TPSA) is 65.5 Å². The van der Waals surface area contributed by atoms with Gasteiger partial charge in [-0.3, -0.25) is 9.79 Å². The van der Waals surface area contributed by atoms with Crippen LogP contribution in [0.1, 0.15) is 20.8 Å². The molecule has 0 heterocycles. The minimum atomic E-state index is -0.533. The number of thioether (sulfide) groups is 1. The number of nitrogens with zero attached hydrogens (tertiary/aromatic N) is 1. The smallest absolute Gasteiger partial charge is 0.227 e. The summed E-state index contributed by atoms with van der Waals surface area (Å²) >= 11 is 7.63. The van der Waals surface area contributed by atoms with Crippen molar-refractivity contribution < 1.29 is 4.79 Å². The van der Waals surface area contributed by atoms with Crippen molar-refractivity contribution in [2.24, 2.45) is 10.4 Å². The summed E-state index contributed by atoms with van der Waals surface area (Å²) in [5.74, 6) is 1.62. The van der Waals surface area contributed by atoms with Crippen LogP contribution in [0.5, 0.6) is 0 Å². The predicted molar refractivity (Wildman–Crippen MR) is 119 cm³/mol. The average molecular weight is 499 g/mol. The molecule has 1 aromatic rings. The molecule has 0 saturated heterocycles. The van der Waals surface area contributed by atoms with Gasteiger partial charge in [0.05, 0.1) is 12.0 Å². The maximum atomic E-state index is 11.8. The molecule has 0 radical (unpaired) electrons. The predicted octanol–water partition coefficient (Wildman–Crippen LogP) is 3.38. The maximum Gasteiger partial charge on any atom is 0.227 e. The zero-order chi connectivity index (χ0) is 18.0. The number of aliphatic imine (C=N–C) groups is 1. The number of benzene rings is 1. The normalized spacial score (nSPS) is 11.5. The van der Waals surface area contributed by atoms with E-state index in [4.69, 9.17) is 11.6 Å². The highest BCUT2D eigenvalue weighted by Crippen LogP contribution is 2.19. The van der Waals surface area contributed by atoms with Gasteiger partial charge in [0, 0.05) is 35.8 Å². The lowest BCUT2D eigenvalue weighted by Gasteiger charge is -2.21. The van der Waals surface area contributed by atoms with Gasteiger partial charge >= 0.3 is 0 Å². The standard InChI is InChI=1S/C17H27ClN4OS.HI/c1-5-20-16(22-12-17(2,3)15(23)19-4)21-10-11-24-14-8-6-13(18)7-9-14;/h6-9H,5,10-12H2,1-4H3,(H,19,23)(H2,20,21,22);1H. The number of amides is 1. The molecule has 0 bridgehead atoms. The summed E-state index contributed by atoms with van der Waals surface area (Å²) < 4.78 is 0. The number of carbonyl (C=O) groups excluding carboxylic acids is 1. The van der Waals surface area contributed by atoms with Crippen molar-refractivity contribution in [1.29, 1.82) is 0 Å². The van der Waals surface area contributed by atoms with Crippen molar-refractivity contribution in [1.82, 2.24) is 16.0 Å². The molecule has 5 nitrogen and oxygen atoms in total. The third-order valence-electron chi connectivity index (χ3n) is 3.30. The molecule has 0 aliphatic heterocycles. The Morgan fingerprint density at radius 1 is 1.24 bits per heavy atom. The van der Waals surface area contributed by atoms with Crippen LogP contribution in [0.25, 0.3) is 0 Å². The molecule has 1 rings (SSSR count). The van der Waals surface area contributed by atoms with Crippen LogP contribution in [-0.2, 0) is 4.79 Å². The van der Waals surface area contributed by atoms with Crippen LogP contribution >= 0.6 is 47.3 Å². The van der Waals surface area contributed by atoms with Gasteiger partial charge in [0.15, 0.2) is 5.96 Å². The van der Waals surface area contributed by atoms with Gasteiger partial charge in [0.2, 0.25) is 5.91 Å². The Labute approximate surface area is 177 Å². The first kappa shape index (κ1) is 24.3. The second-order valence-corrected chi connectivity index (χ2v) is 7.49. The van der Waals surface area contributed by atoms with E-state index in [9.17, 15) is 4.79 Å². The van der Waals surface area contributed by atoms with Crippen molar-refractivity contribution in [3.8, 4) is 0 Å². The fraction of sp³-hybridized carbons (Fsp3) is 0.529. The number of carbonyl (C=O) groups is 1. The summed E-state index contributed by atoms with van der Waals surface area (Å²) in [7, 11) is 1.64. The van der Waals surface area contributed by atoms with Crippen molar-refractivity contribution in [2.75, 3.05) is 32.4 Å². The molecule has 25 heavy (non-hydrogen) atoms. The quantitative estimate of drug-likeness (QED) is 0.169. The zero-order valence-electron chi connectivity index (χ0n) is 15.2. The van der Waals surface area contributed by atoms with Crippen LogP contribution in [0.3, 0.4) is 0 Å². The second-order valence-electron chi connectivity index (χ2n) is 5.89. The molecule has 0 aliphatic carbocycles. The van der Waals surface area contributed by atoms with Crippen LogP contribution in [0, 0.1) is 5.41 Å². The van der Waals surface area contributed by atoms with E-state index >= 15 is 0 Å². The van der Waals surface area contributed by atoms with Gasteiger partial charge in [-0.1, -0.05) is 11.6 Å². The highest BCUT2D eigenvalue weighted by Gasteiger charge is 2.26. The first-order chi connectivity index (χ1) is 11.4. The van der Waals surface area contributed by atoms with Crippen LogP contribution < -0.4 is 16.0 Å². The Bertz CT molecular complexity index is 552. The fourth-order valence-corrected chi connectivity index (χ4v) is 2.79. The van der Waals surface area contributed by atoms with E-state index in [1.165, 1.54) is 4.90 Å². The number of halogens is 2. The van der Waals surface area contributed by atoms with Gasteiger partial charge in [0.25, 0.3) is 0 Å². The average Bonchev–Trinajstić information content (AvgIpc) is 2.57. The van der Waals surface area contributed by atoms with Gasteiger partial charge in [-0.2, -0.15) is 0 Å². The third-order valence-corrected chi connectivity index (χ3v) is 4.56. The summed E-state index contributed by atoms with van der Waals surface area (Å²) in [6.45, 7) is 7.76. The molecule has 0 aromatic heterocycles. The molecule has 0 fully saturated rings. The first-order valence-corrected chi connectivity index (χ1v) is 9.38. The van der Waals surface area contributed by atoms with Gasteiger partial charge in [-0.25, -0.2) is 0 Å². The SMILES string of the molecule is CCNC(=NCC(C)(C)C(=O)NC)NCCSc1ccc(Cl)cc1.I. The summed E-state index contributed by atoms with van der Waals surface area (Å²) in [6, 6.07) is 7.81. The van der Waals surface area contributed by atoms with E-state index in [0.29, 0.717) is 6.54 Å². The zero-order valence-corrected chi connectivity index (χ0v) is 19.1. The van der Waals surface area contributed by atoms with E-state index in [1.54, 1.807) is 18.8 Å². The van der Waals surface area contributed by atoms with Crippen LogP contribution in [0.15, 0.2) is 34.2 Å². The van der Waals surface area contributed by atoms with Crippen molar-refractivity contribution >= 4 is 59.2 Å². The molecule has 8 heteroatoms. The summed E-state index contributed by atoms with van der Waals surface area (Å²) in [4.78, 5) is 17.5. The van der Waals surface area contributed by atoms with E-state index in [2.05, 4.69) is 20.9 Å². The molecule has 0 spiro atoms. The lowest BCUT2D eigenvalue weighted by molar-refractivity contribution is -0.128. The summed E-state index contributed by atoms with van der Waals surface area (Å²) in [5.41, 5.74) is -0.533. The molecule has 142 valence electrons. The second kappa shape index (κ2) is 12.6. The monoisotopic (exact) mass is 498 g/mol. The van der Waals surface area contributed by atoms with Crippen molar-refractivity contribution in [3.63, 3.8) is 0 Å². The number of rotatable bonds is 8. The molecule has 1 aromatic carbocycles.